The predicted molar refractivity (Wildman–Crippen MR) is 67.2 cm³/mol. The highest BCUT2D eigenvalue weighted by Gasteiger charge is 2.26. The third-order valence-electron chi connectivity index (χ3n) is 2.02. The number of carbonyl (C=O) groups is 1. The molecule has 0 saturated heterocycles. The number of anilines is 1. The first kappa shape index (κ1) is 14.7. The molecule has 0 spiro atoms. The van der Waals surface area contributed by atoms with E-state index in [1.807, 2.05) is 0 Å². The molecule has 8 nitrogen and oxygen atoms in total. The maximum absolute atomic E-state index is 11.8. The molecule has 0 aliphatic rings. The molecule has 8 heteroatoms. The molecule has 0 aromatic carbocycles. The largest absolute Gasteiger partial charge is 0.501 e. The van der Waals surface area contributed by atoms with E-state index in [0.717, 1.165) is 11.0 Å². The lowest BCUT2D eigenvalue weighted by atomic mass is 10.2. The molecule has 0 unspecified atom stereocenters. The van der Waals surface area contributed by atoms with Crippen molar-refractivity contribution in [2.24, 2.45) is 0 Å². The van der Waals surface area contributed by atoms with Crippen LogP contribution in [0.15, 0.2) is 12.1 Å². The maximum Gasteiger partial charge on any atom is 0.417 e. The van der Waals surface area contributed by atoms with E-state index in [2.05, 4.69) is 4.98 Å². The van der Waals surface area contributed by atoms with Gasteiger partial charge in [-0.05, 0) is 36.7 Å². The summed E-state index contributed by atoms with van der Waals surface area (Å²) in [6, 6.07) is 2.38. The first-order valence-corrected chi connectivity index (χ1v) is 5.43. The Bertz CT molecular complexity index is 510. The number of pyridine rings is 1. The SMILES string of the molecule is CN(C(=O)OC(C)(C)C)c1ccc(O)c([N+](=O)[O-])n1. The molecule has 0 radical (unpaired) electrons. The number of hydrogen-bond donors (Lipinski definition) is 1. The zero-order valence-electron chi connectivity index (χ0n) is 11.1. The minimum atomic E-state index is -0.832. The number of rotatable bonds is 2. The molecule has 1 aromatic heterocycles. The van der Waals surface area contributed by atoms with Crippen LogP contribution in [0.1, 0.15) is 20.8 Å². The molecule has 1 rings (SSSR count). The van der Waals surface area contributed by atoms with Gasteiger partial charge in [-0.3, -0.25) is 0 Å². The van der Waals surface area contributed by atoms with Gasteiger partial charge in [-0.15, -0.1) is 0 Å². The fraction of sp³-hybridized carbons (Fsp3) is 0.455. The van der Waals surface area contributed by atoms with Gasteiger partial charge in [0.2, 0.25) is 5.75 Å². The van der Waals surface area contributed by atoms with Gasteiger partial charge < -0.3 is 20.0 Å². The summed E-state index contributed by atoms with van der Waals surface area (Å²) >= 11 is 0. The minimum absolute atomic E-state index is 0.0127. The minimum Gasteiger partial charge on any atom is -0.501 e. The van der Waals surface area contributed by atoms with E-state index in [0.29, 0.717) is 0 Å². The lowest BCUT2D eigenvalue weighted by Crippen LogP contribution is -2.34. The van der Waals surface area contributed by atoms with Crippen molar-refractivity contribution >= 4 is 17.7 Å². The molecule has 0 aliphatic carbocycles. The zero-order chi connectivity index (χ0) is 14.8. The standard InChI is InChI=1S/C11H15N3O5/c1-11(2,3)19-10(16)13(4)8-6-5-7(15)9(12-8)14(17)18/h5-6,15H,1-4H3. The summed E-state index contributed by atoms with van der Waals surface area (Å²) in [4.78, 5) is 26.2. The van der Waals surface area contributed by atoms with E-state index in [4.69, 9.17) is 4.74 Å². The first-order chi connectivity index (χ1) is 8.61. The molecule has 19 heavy (non-hydrogen) atoms. The Kier molecular flexibility index (Phi) is 3.93. The Morgan fingerprint density at radius 2 is 2.05 bits per heavy atom. The summed E-state index contributed by atoms with van der Waals surface area (Å²) in [6.07, 6.45) is -0.694. The van der Waals surface area contributed by atoms with Crippen molar-refractivity contribution < 1.29 is 19.6 Å². The van der Waals surface area contributed by atoms with E-state index in [9.17, 15) is 20.0 Å². The van der Waals surface area contributed by atoms with Crippen molar-refractivity contribution in [2.75, 3.05) is 11.9 Å². The van der Waals surface area contributed by atoms with Crippen LogP contribution in [0.2, 0.25) is 0 Å². The fourth-order valence-corrected chi connectivity index (χ4v) is 1.18. The summed E-state index contributed by atoms with van der Waals surface area (Å²) in [7, 11) is 1.37. The number of aromatic nitrogens is 1. The van der Waals surface area contributed by atoms with E-state index in [-0.39, 0.29) is 5.82 Å². The van der Waals surface area contributed by atoms with E-state index in [1.54, 1.807) is 20.8 Å². The Labute approximate surface area is 109 Å². The summed E-state index contributed by atoms with van der Waals surface area (Å²) in [6.45, 7) is 5.10. The molecule has 1 heterocycles. The van der Waals surface area contributed by atoms with Crippen molar-refractivity contribution in [3.63, 3.8) is 0 Å². The summed E-state index contributed by atoms with van der Waals surface area (Å²) in [5.41, 5.74) is -0.686. The van der Waals surface area contributed by atoms with Crippen molar-refractivity contribution in [2.45, 2.75) is 26.4 Å². The van der Waals surface area contributed by atoms with E-state index in [1.165, 1.54) is 13.1 Å². The van der Waals surface area contributed by atoms with Crippen molar-refractivity contribution in [3.05, 3.63) is 22.2 Å². The second-order valence-electron chi connectivity index (χ2n) is 4.81. The topological polar surface area (TPSA) is 106 Å². The lowest BCUT2D eigenvalue weighted by Gasteiger charge is -2.22. The highest BCUT2D eigenvalue weighted by atomic mass is 16.6. The highest BCUT2D eigenvalue weighted by molar-refractivity contribution is 5.86. The van der Waals surface area contributed by atoms with Gasteiger partial charge in [0.05, 0.1) is 0 Å². The monoisotopic (exact) mass is 269 g/mol. The van der Waals surface area contributed by atoms with Crippen LogP contribution in [0.25, 0.3) is 0 Å². The van der Waals surface area contributed by atoms with Gasteiger partial charge in [-0.1, -0.05) is 0 Å². The quantitative estimate of drug-likeness (QED) is 0.650. The van der Waals surface area contributed by atoms with Crippen LogP contribution >= 0.6 is 0 Å². The molecular formula is C11H15N3O5. The summed E-state index contributed by atoms with van der Waals surface area (Å²) < 4.78 is 5.10. The van der Waals surface area contributed by atoms with Crippen LogP contribution in [-0.4, -0.2) is 33.8 Å². The molecule has 104 valence electrons. The number of carbonyl (C=O) groups excluding carboxylic acids is 1. The number of hydrogen-bond acceptors (Lipinski definition) is 6. The van der Waals surface area contributed by atoms with Gasteiger partial charge in [0.25, 0.3) is 5.82 Å². The summed E-state index contributed by atoms with van der Waals surface area (Å²) in [5.74, 6) is -1.27. The Balaban J connectivity index is 3.00. The van der Waals surface area contributed by atoms with Gasteiger partial charge in [0.1, 0.15) is 5.60 Å². The van der Waals surface area contributed by atoms with Gasteiger partial charge in [0.15, 0.2) is 0 Å². The third kappa shape index (κ3) is 3.80. The zero-order valence-corrected chi connectivity index (χ0v) is 11.1. The van der Waals surface area contributed by atoms with Crippen molar-refractivity contribution in [3.8, 4) is 5.75 Å². The smallest absolute Gasteiger partial charge is 0.417 e. The van der Waals surface area contributed by atoms with Crippen LogP contribution < -0.4 is 4.90 Å². The third-order valence-corrected chi connectivity index (χ3v) is 2.02. The van der Waals surface area contributed by atoms with Crippen LogP contribution in [0.5, 0.6) is 5.75 Å². The predicted octanol–water partition coefficient (Wildman–Crippen LogP) is 2.07. The summed E-state index contributed by atoms with van der Waals surface area (Å²) in [5, 5.41) is 19.9. The fourth-order valence-electron chi connectivity index (χ4n) is 1.18. The molecular weight excluding hydrogens is 254 g/mol. The first-order valence-electron chi connectivity index (χ1n) is 5.43. The second-order valence-corrected chi connectivity index (χ2v) is 4.81. The molecule has 1 amide bonds. The van der Waals surface area contributed by atoms with Crippen molar-refractivity contribution in [1.82, 2.24) is 4.98 Å². The molecule has 0 bridgehead atoms. The molecule has 0 fully saturated rings. The average Bonchev–Trinajstić information content (AvgIpc) is 2.26. The van der Waals surface area contributed by atoms with Crippen LogP contribution in [0.3, 0.4) is 0 Å². The number of nitrogens with zero attached hydrogens (tertiary/aromatic N) is 3. The molecule has 1 N–H and O–H groups in total. The second kappa shape index (κ2) is 5.09. The van der Waals surface area contributed by atoms with Crippen LogP contribution in [0.4, 0.5) is 16.4 Å². The van der Waals surface area contributed by atoms with Crippen LogP contribution in [0, 0.1) is 10.1 Å². The normalized spacial score (nSPS) is 10.9. The Hall–Kier alpha value is -2.38. The van der Waals surface area contributed by atoms with Gasteiger partial charge in [-0.2, -0.15) is 0 Å². The molecule has 0 saturated carbocycles. The number of amides is 1. The molecule has 1 aromatic rings. The highest BCUT2D eigenvalue weighted by Crippen LogP contribution is 2.26. The Morgan fingerprint density at radius 3 is 2.53 bits per heavy atom. The lowest BCUT2D eigenvalue weighted by molar-refractivity contribution is -0.390. The number of aromatic hydroxyl groups is 1. The van der Waals surface area contributed by atoms with Gasteiger partial charge in [-0.25, -0.2) is 9.69 Å². The van der Waals surface area contributed by atoms with Gasteiger partial charge >= 0.3 is 11.9 Å². The molecule has 0 aliphatic heterocycles. The number of nitro groups is 1. The van der Waals surface area contributed by atoms with Crippen LogP contribution in [-0.2, 0) is 4.74 Å². The van der Waals surface area contributed by atoms with Gasteiger partial charge in [0, 0.05) is 13.1 Å². The van der Waals surface area contributed by atoms with Crippen molar-refractivity contribution in [1.29, 1.82) is 0 Å². The average molecular weight is 269 g/mol. The van der Waals surface area contributed by atoms with E-state index >= 15 is 0 Å². The van der Waals surface area contributed by atoms with E-state index < -0.39 is 28.2 Å². The molecule has 0 atom stereocenters. The maximum atomic E-state index is 11.8. The number of ether oxygens (including phenoxy) is 1. The Morgan fingerprint density at radius 1 is 1.47 bits per heavy atom.